The van der Waals surface area contributed by atoms with Crippen LogP contribution >= 0.6 is 0 Å². The molecule has 2 aromatic heterocycles. The smallest absolute Gasteiger partial charge is 0.410 e. The summed E-state index contributed by atoms with van der Waals surface area (Å²) in [4.78, 5) is 48.2. The topological polar surface area (TPSA) is 115 Å². The number of aromatic nitrogens is 4. The lowest BCUT2D eigenvalue weighted by molar-refractivity contribution is -0.143. The highest BCUT2D eigenvalue weighted by atomic mass is 16.6. The third kappa shape index (κ3) is 5.26. The highest BCUT2D eigenvalue weighted by Crippen LogP contribution is 2.22. The first kappa shape index (κ1) is 25.3. The molecule has 0 aromatic carbocycles. The summed E-state index contributed by atoms with van der Waals surface area (Å²) in [6.45, 7) is 11.0. The van der Waals surface area contributed by atoms with Gasteiger partial charge in [0.05, 0.1) is 12.3 Å². The Kier molecular flexibility index (Phi) is 7.37. The molecule has 12 heteroatoms. The van der Waals surface area contributed by atoms with Crippen LogP contribution in [0.1, 0.15) is 40.3 Å². The second-order valence-electron chi connectivity index (χ2n) is 9.32. The Bertz CT molecular complexity index is 1110. The quantitative estimate of drug-likeness (QED) is 0.565. The number of hydrogen-bond acceptors (Lipinski definition) is 9. The summed E-state index contributed by atoms with van der Waals surface area (Å²) in [6, 6.07) is 0. The van der Waals surface area contributed by atoms with Crippen molar-refractivity contribution in [2.75, 3.05) is 56.7 Å². The zero-order valence-corrected chi connectivity index (χ0v) is 21.1. The molecular formula is C22H35N7O5. The maximum atomic E-state index is 13.6. The van der Waals surface area contributed by atoms with Crippen LogP contribution in [0.2, 0.25) is 0 Å². The Morgan fingerprint density at radius 2 is 1.74 bits per heavy atom. The van der Waals surface area contributed by atoms with Gasteiger partial charge in [0.25, 0.3) is 5.56 Å². The van der Waals surface area contributed by atoms with Crippen LogP contribution in [0.15, 0.2) is 4.79 Å². The van der Waals surface area contributed by atoms with Gasteiger partial charge in [-0.2, -0.15) is 9.50 Å². The molecule has 0 radical (unpaired) electrons. The summed E-state index contributed by atoms with van der Waals surface area (Å²) in [6.07, 6.45) is 0.127. The van der Waals surface area contributed by atoms with Gasteiger partial charge < -0.3 is 28.7 Å². The van der Waals surface area contributed by atoms with E-state index in [1.807, 2.05) is 32.6 Å². The largest absolute Gasteiger partial charge is 0.465 e. The van der Waals surface area contributed by atoms with Gasteiger partial charge in [-0.15, -0.1) is 5.10 Å². The minimum absolute atomic E-state index is 0.0861. The van der Waals surface area contributed by atoms with Crippen LogP contribution in [-0.2, 0) is 27.2 Å². The molecule has 0 aliphatic carbocycles. The van der Waals surface area contributed by atoms with E-state index in [9.17, 15) is 14.4 Å². The van der Waals surface area contributed by atoms with Gasteiger partial charge in [0.15, 0.2) is 0 Å². The number of anilines is 2. The number of carbonyl (C=O) groups is 2. The third-order valence-corrected chi connectivity index (χ3v) is 5.39. The van der Waals surface area contributed by atoms with Crippen LogP contribution < -0.4 is 15.4 Å². The normalized spacial score (nSPS) is 14.4. The zero-order valence-electron chi connectivity index (χ0n) is 21.1. The van der Waals surface area contributed by atoms with Crippen molar-refractivity contribution in [3.63, 3.8) is 0 Å². The second-order valence-corrected chi connectivity index (χ2v) is 9.32. The Morgan fingerprint density at radius 3 is 2.26 bits per heavy atom. The predicted molar refractivity (Wildman–Crippen MR) is 128 cm³/mol. The molecule has 3 heterocycles. The first-order valence-electron chi connectivity index (χ1n) is 11.5. The predicted octanol–water partition coefficient (Wildman–Crippen LogP) is 1.14. The standard InChI is InChI=1S/C22H35N7O5/c1-8-15-17(26-10-12-27(13-11-26)21(32)34-22(3,4)5)18(31)29-20(23-19(24-29)25(6)7)28(15)14-16(30)33-9-2/h8-14H2,1-7H3. The summed E-state index contributed by atoms with van der Waals surface area (Å²) in [7, 11) is 3.57. The van der Waals surface area contributed by atoms with E-state index in [0.717, 1.165) is 0 Å². The molecule has 3 rings (SSSR count). The van der Waals surface area contributed by atoms with Crippen LogP contribution in [-0.4, -0.2) is 88.6 Å². The number of rotatable bonds is 6. The van der Waals surface area contributed by atoms with Crippen molar-refractivity contribution < 1.29 is 19.1 Å². The zero-order chi connectivity index (χ0) is 25.2. The minimum atomic E-state index is -0.577. The van der Waals surface area contributed by atoms with Crippen LogP contribution in [0.25, 0.3) is 5.78 Å². The molecule has 1 amide bonds. The third-order valence-electron chi connectivity index (χ3n) is 5.39. The van der Waals surface area contributed by atoms with E-state index in [4.69, 9.17) is 9.47 Å². The number of carbonyl (C=O) groups excluding carboxylic acids is 2. The fraction of sp³-hybridized carbons (Fsp3) is 0.682. The van der Waals surface area contributed by atoms with Crippen molar-refractivity contribution in [1.82, 2.24) is 24.1 Å². The van der Waals surface area contributed by atoms with E-state index < -0.39 is 11.6 Å². The summed E-state index contributed by atoms with van der Waals surface area (Å²) < 4.78 is 13.6. The second kappa shape index (κ2) is 9.90. The first-order chi connectivity index (χ1) is 16.0. The summed E-state index contributed by atoms with van der Waals surface area (Å²) in [5, 5.41) is 4.37. The van der Waals surface area contributed by atoms with Gasteiger partial charge in [-0.05, 0) is 34.1 Å². The van der Waals surface area contributed by atoms with Gasteiger partial charge in [-0.3, -0.25) is 9.59 Å². The maximum Gasteiger partial charge on any atom is 0.410 e. The molecular weight excluding hydrogens is 442 g/mol. The van der Waals surface area contributed by atoms with Crippen molar-refractivity contribution >= 4 is 29.5 Å². The van der Waals surface area contributed by atoms with E-state index in [2.05, 4.69) is 10.1 Å². The molecule has 34 heavy (non-hydrogen) atoms. The highest BCUT2D eigenvalue weighted by molar-refractivity contribution is 5.71. The Labute approximate surface area is 199 Å². The Morgan fingerprint density at radius 1 is 1.09 bits per heavy atom. The number of fused-ring (bicyclic) bond motifs is 1. The van der Waals surface area contributed by atoms with Crippen LogP contribution in [0.5, 0.6) is 0 Å². The molecule has 1 fully saturated rings. The summed E-state index contributed by atoms with van der Waals surface area (Å²) in [5.41, 5.74) is 0.248. The van der Waals surface area contributed by atoms with E-state index in [-0.39, 0.29) is 30.6 Å². The molecule has 0 unspecified atom stereocenters. The lowest BCUT2D eigenvalue weighted by atomic mass is 10.2. The van der Waals surface area contributed by atoms with E-state index >= 15 is 0 Å². The monoisotopic (exact) mass is 477 g/mol. The summed E-state index contributed by atoms with van der Waals surface area (Å²) >= 11 is 0. The molecule has 1 saturated heterocycles. The van der Waals surface area contributed by atoms with Crippen LogP contribution in [0, 0.1) is 0 Å². The number of ether oxygens (including phenoxy) is 2. The van der Waals surface area contributed by atoms with Gasteiger partial charge in [-0.1, -0.05) is 6.92 Å². The van der Waals surface area contributed by atoms with Crippen molar-refractivity contribution in [2.24, 2.45) is 0 Å². The van der Waals surface area contributed by atoms with E-state index in [1.165, 1.54) is 4.52 Å². The molecule has 188 valence electrons. The van der Waals surface area contributed by atoms with Gasteiger partial charge >= 0.3 is 12.1 Å². The minimum Gasteiger partial charge on any atom is -0.465 e. The van der Waals surface area contributed by atoms with Gasteiger partial charge in [0.1, 0.15) is 17.8 Å². The molecule has 0 N–H and O–H groups in total. The highest BCUT2D eigenvalue weighted by Gasteiger charge is 2.30. The van der Waals surface area contributed by atoms with Gasteiger partial charge in [-0.25, -0.2) is 4.79 Å². The number of nitrogens with zero attached hydrogens (tertiary/aromatic N) is 7. The number of piperazine rings is 1. The molecule has 1 aliphatic heterocycles. The van der Waals surface area contributed by atoms with Crippen molar-refractivity contribution in [2.45, 2.75) is 53.2 Å². The lowest BCUT2D eigenvalue weighted by Crippen LogP contribution is -2.51. The average molecular weight is 478 g/mol. The number of esters is 1. The fourth-order valence-electron chi connectivity index (χ4n) is 3.88. The van der Waals surface area contributed by atoms with Gasteiger partial charge in [0, 0.05) is 40.3 Å². The SMILES string of the molecule is CCOC(=O)Cn1c(CC)c(N2CCN(C(=O)OC(C)(C)C)CC2)c(=O)n2nc(N(C)C)nc12. The molecule has 0 atom stereocenters. The number of hydrogen-bond donors (Lipinski definition) is 0. The lowest BCUT2D eigenvalue weighted by Gasteiger charge is -2.37. The average Bonchev–Trinajstić information content (AvgIpc) is 3.21. The molecule has 0 saturated carbocycles. The molecule has 1 aliphatic rings. The molecule has 0 bridgehead atoms. The Hall–Kier alpha value is -3.31. The van der Waals surface area contributed by atoms with E-state index in [0.29, 0.717) is 49.9 Å². The maximum absolute atomic E-state index is 13.6. The molecule has 2 aromatic rings. The fourth-order valence-corrected chi connectivity index (χ4v) is 3.88. The van der Waals surface area contributed by atoms with E-state index in [1.54, 1.807) is 35.4 Å². The Balaban J connectivity index is 2.02. The van der Waals surface area contributed by atoms with Crippen LogP contribution in [0.3, 0.4) is 0 Å². The van der Waals surface area contributed by atoms with Crippen molar-refractivity contribution in [3.05, 3.63) is 16.0 Å². The van der Waals surface area contributed by atoms with Gasteiger partial charge in [0.2, 0.25) is 11.7 Å². The van der Waals surface area contributed by atoms with Crippen molar-refractivity contribution in [3.8, 4) is 0 Å². The van der Waals surface area contributed by atoms with Crippen molar-refractivity contribution in [1.29, 1.82) is 0 Å². The molecule has 12 nitrogen and oxygen atoms in total. The first-order valence-corrected chi connectivity index (χ1v) is 11.5. The summed E-state index contributed by atoms with van der Waals surface area (Å²) in [5.74, 6) is 0.233. The molecule has 0 spiro atoms. The number of amides is 1. The van der Waals surface area contributed by atoms with Crippen LogP contribution in [0.4, 0.5) is 16.4 Å².